The molecule has 2 bridgehead atoms. The van der Waals surface area contributed by atoms with Gasteiger partial charge in [0, 0.05) is 17.5 Å². The van der Waals surface area contributed by atoms with Gasteiger partial charge in [-0.1, -0.05) is 37.8 Å². The van der Waals surface area contributed by atoms with Crippen molar-refractivity contribution in [1.82, 2.24) is 4.90 Å². The zero-order valence-electron chi connectivity index (χ0n) is 21.5. The van der Waals surface area contributed by atoms with Crippen LogP contribution in [-0.2, 0) is 19.1 Å². The minimum Gasteiger partial charge on any atom is -0.461 e. The molecule has 2 amide bonds. The maximum absolute atomic E-state index is 14.6. The molecule has 36 heavy (non-hydrogen) atoms. The van der Waals surface area contributed by atoms with E-state index in [0.29, 0.717) is 0 Å². The smallest absolute Gasteiger partial charge is 0.311 e. The average Bonchev–Trinajstić information content (AvgIpc) is 3.45. The fraction of sp³-hybridized carbons (Fsp3) is 0.536. The van der Waals surface area contributed by atoms with Crippen LogP contribution in [0.2, 0.25) is 0 Å². The number of fused-ring (bicyclic) bond motifs is 1. The number of ether oxygens (including phenoxy) is 1. The van der Waals surface area contributed by atoms with E-state index in [9.17, 15) is 19.5 Å². The van der Waals surface area contributed by atoms with Crippen molar-refractivity contribution < 1.29 is 24.2 Å². The molecule has 3 fully saturated rings. The second-order valence-corrected chi connectivity index (χ2v) is 11.8. The highest BCUT2D eigenvalue weighted by Gasteiger charge is 2.77. The first-order valence-corrected chi connectivity index (χ1v) is 13.4. The number of carbonyl (C=O) groups is 3. The van der Waals surface area contributed by atoms with Crippen molar-refractivity contribution >= 4 is 35.2 Å². The Morgan fingerprint density at radius 1 is 1.33 bits per heavy atom. The van der Waals surface area contributed by atoms with E-state index in [-0.39, 0.29) is 42.7 Å². The van der Waals surface area contributed by atoms with Crippen molar-refractivity contribution in [2.75, 3.05) is 24.7 Å². The van der Waals surface area contributed by atoms with Gasteiger partial charge in [0.15, 0.2) is 0 Å². The Kier molecular flexibility index (Phi) is 7.40. The number of amides is 2. The number of thioether (sulfide) groups is 1. The fourth-order valence-electron chi connectivity index (χ4n) is 6.40. The second kappa shape index (κ2) is 10.1. The molecule has 0 saturated carbocycles. The van der Waals surface area contributed by atoms with E-state index in [4.69, 9.17) is 4.74 Å². The number of likely N-dealkylation sites (tertiary alicyclic amines) is 1. The predicted molar refractivity (Wildman–Crippen MR) is 142 cm³/mol. The molecule has 3 aliphatic rings. The van der Waals surface area contributed by atoms with Crippen molar-refractivity contribution in [1.29, 1.82) is 0 Å². The number of aliphatic hydroxyl groups excluding tert-OH is 1. The first kappa shape index (κ1) is 26.5. The molecular weight excluding hydrogens is 476 g/mol. The maximum Gasteiger partial charge on any atom is 0.311 e. The maximum atomic E-state index is 14.6. The summed E-state index contributed by atoms with van der Waals surface area (Å²) in [6.07, 6.45) is 3.92. The van der Waals surface area contributed by atoms with Gasteiger partial charge in [0.2, 0.25) is 5.91 Å². The van der Waals surface area contributed by atoms with Gasteiger partial charge in [-0.15, -0.1) is 18.3 Å². The molecule has 4 rings (SSSR count). The van der Waals surface area contributed by atoms with E-state index in [1.165, 1.54) is 6.08 Å². The van der Waals surface area contributed by atoms with Crippen molar-refractivity contribution in [3.63, 3.8) is 0 Å². The second-order valence-electron chi connectivity index (χ2n) is 10.3. The molecule has 1 aromatic carbocycles. The van der Waals surface area contributed by atoms with Crippen LogP contribution in [0.3, 0.4) is 0 Å². The SMILES string of the molecule is C=CCOC(=O)[C@@H]1[C@H]2C(=O)N([C@H](C)CO)C(C(=O)N(CC=C)c3cc(C)ccc3C)C23S[C@@H]1CC3C. The normalized spacial score (nSPS) is 31.2. The molecule has 1 N–H and O–H groups in total. The molecule has 7 nitrogen and oxygen atoms in total. The lowest BCUT2D eigenvalue weighted by Gasteiger charge is -2.41. The molecule has 0 aliphatic carbocycles. The number of esters is 1. The van der Waals surface area contributed by atoms with Crippen LogP contribution >= 0.6 is 11.8 Å². The predicted octanol–water partition coefficient (Wildman–Crippen LogP) is 3.27. The lowest BCUT2D eigenvalue weighted by molar-refractivity contribution is -0.153. The lowest BCUT2D eigenvalue weighted by Crippen LogP contribution is -2.59. The Morgan fingerprint density at radius 2 is 2.06 bits per heavy atom. The van der Waals surface area contributed by atoms with E-state index in [1.807, 2.05) is 32.0 Å². The first-order valence-electron chi connectivity index (χ1n) is 12.5. The topological polar surface area (TPSA) is 87.1 Å². The van der Waals surface area contributed by atoms with E-state index < -0.39 is 34.6 Å². The van der Waals surface area contributed by atoms with Gasteiger partial charge < -0.3 is 19.6 Å². The Balaban J connectivity index is 1.84. The summed E-state index contributed by atoms with van der Waals surface area (Å²) < 4.78 is 4.64. The number of hydrogen-bond acceptors (Lipinski definition) is 6. The quantitative estimate of drug-likeness (QED) is 0.404. The summed E-state index contributed by atoms with van der Waals surface area (Å²) in [7, 11) is 0. The number of nitrogens with zero attached hydrogens (tertiary/aromatic N) is 2. The molecule has 1 spiro atoms. The molecular formula is C28H36N2O5S. The van der Waals surface area contributed by atoms with Gasteiger partial charge in [0.05, 0.1) is 29.2 Å². The number of rotatable bonds is 9. The first-order chi connectivity index (χ1) is 17.1. The standard InChI is InChI=1S/C28H36N2O5S/c1-7-11-29(20-13-16(3)9-10-17(20)4)26(33)24-28-18(5)14-21(36-28)22(27(34)35-12-8-2)23(28)25(32)30(24)19(6)15-31/h7-10,13,18-19,21-24,31H,1-2,11-12,14-15H2,3-6H3/t18?,19-,21-,22+,23+,24?,28?/m1/s1. The summed E-state index contributed by atoms with van der Waals surface area (Å²) in [6, 6.07) is 4.55. The van der Waals surface area contributed by atoms with Gasteiger partial charge in [0.25, 0.3) is 5.91 Å². The highest BCUT2D eigenvalue weighted by molar-refractivity contribution is 8.02. The van der Waals surface area contributed by atoms with Gasteiger partial charge in [-0.3, -0.25) is 14.4 Å². The molecule has 1 aromatic rings. The van der Waals surface area contributed by atoms with Crippen LogP contribution in [0.25, 0.3) is 0 Å². The zero-order valence-corrected chi connectivity index (χ0v) is 22.3. The van der Waals surface area contributed by atoms with E-state index in [0.717, 1.165) is 23.2 Å². The lowest BCUT2D eigenvalue weighted by atomic mass is 9.66. The Morgan fingerprint density at radius 3 is 2.69 bits per heavy atom. The van der Waals surface area contributed by atoms with E-state index in [1.54, 1.807) is 34.6 Å². The van der Waals surface area contributed by atoms with Crippen LogP contribution in [0.1, 0.15) is 31.4 Å². The fourth-order valence-corrected chi connectivity index (χ4v) is 8.79. The number of hydrogen-bond donors (Lipinski definition) is 1. The highest BCUT2D eigenvalue weighted by Crippen LogP contribution is 2.69. The average molecular weight is 513 g/mol. The number of aliphatic hydroxyl groups is 1. The van der Waals surface area contributed by atoms with Gasteiger partial charge in [-0.25, -0.2) is 0 Å². The number of aryl methyl sites for hydroxylation is 2. The summed E-state index contributed by atoms with van der Waals surface area (Å²) in [5.41, 5.74) is 2.74. The largest absolute Gasteiger partial charge is 0.461 e. The molecule has 0 radical (unpaired) electrons. The molecule has 7 atom stereocenters. The Bertz CT molecular complexity index is 1090. The minimum absolute atomic E-state index is 0.0268. The molecule has 3 unspecified atom stereocenters. The minimum atomic E-state index is -0.820. The van der Waals surface area contributed by atoms with Crippen LogP contribution in [0.4, 0.5) is 5.69 Å². The number of benzene rings is 1. The molecule has 194 valence electrons. The van der Waals surface area contributed by atoms with Gasteiger partial charge in [-0.2, -0.15) is 0 Å². The highest BCUT2D eigenvalue weighted by atomic mass is 32.2. The van der Waals surface area contributed by atoms with Gasteiger partial charge >= 0.3 is 5.97 Å². The van der Waals surface area contributed by atoms with E-state index in [2.05, 4.69) is 20.1 Å². The van der Waals surface area contributed by atoms with Crippen LogP contribution in [0, 0.1) is 31.6 Å². The molecule has 0 aromatic heterocycles. The van der Waals surface area contributed by atoms with Crippen LogP contribution < -0.4 is 4.90 Å². The van der Waals surface area contributed by atoms with Gasteiger partial charge in [-0.05, 0) is 50.3 Å². The van der Waals surface area contributed by atoms with Crippen molar-refractivity contribution in [3.05, 3.63) is 54.6 Å². The summed E-state index contributed by atoms with van der Waals surface area (Å²) >= 11 is 1.59. The van der Waals surface area contributed by atoms with Crippen LogP contribution in [0.15, 0.2) is 43.5 Å². The summed E-state index contributed by atoms with van der Waals surface area (Å²) in [5.74, 6) is -2.16. The zero-order chi connectivity index (χ0) is 26.4. The van der Waals surface area contributed by atoms with E-state index >= 15 is 0 Å². The number of carbonyl (C=O) groups excluding carboxylic acids is 3. The molecule has 3 saturated heterocycles. The van der Waals surface area contributed by atoms with Gasteiger partial charge in [0.1, 0.15) is 12.6 Å². The van der Waals surface area contributed by atoms with Crippen molar-refractivity contribution in [2.24, 2.45) is 17.8 Å². The Hall–Kier alpha value is -2.58. The third-order valence-electron chi connectivity index (χ3n) is 8.01. The Labute approximate surface area is 217 Å². The van der Waals surface area contributed by atoms with Crippen LogP contribution in [0.5, 0.6) is 0 Å². The third-order valence-corrected chi connectivity index (χ3v) is 10.1. The summed E-state index contributed by atoms with van der Waals surface area (Å²) in [6.45, 7) is 15.3. The van der Waals surface area contributed by atoms with Crippen molar-refractivity contribution in [2.45, 2.75) is 56.2 Å². The summed E-state index contributed by atoms with van der Waals surface area (Å²) in [5, 5.41) is 10.00. The third kappa shape index (κ3) is 3.89. The summed E-state index contributed by atoms with van der Waals surface area (Å²) in [4.78, 5) is 45.0. The molecule has 3 aliphatic heterocycles. The molecule has 3 heterocycles. The van der Waals surface area contributed by atoms with Crippen LogP contribution in [-0.4, -0.2) is 69.6 Å². The monoisotopic (exact) mass is 512 g/mol. The molecule has 8 heteroatoms. The number of anilines is 1. The van der Waals surface area contributed by atoms with Crippen molar-refractivity contribution in [3.8, 4) is 0 Å².